The summed E-state index contributed by atoms with van der Waals surface area (Å²) in [5.41, 5.74) is 6.74. The lowest BCUT2D eigenvalue weighted by Gasteiger charge is -2.15. The fraction of sp³-hybridized carbons (Fsp3) is 0.261. The zero-order chi connectivity index (χ0) is 22.4. The van der Waals surface area contributed by atoms with Gasteiger partial charge in [-0.05, 0) is 12.0 Å². The van der Waals surface area contributed by atoms with E-state index in [-0.39, 0.29) is 16.9 Å². The van der Waals surface area contributed by atoms with Crippen LogP contribution in [0.3, 0.4) is 0 Å². The molecule has 1 saturated heterocycles. The third kappa shape index (κ3) is 4.42. The molecule has 0 aliphatic carbocycles. The average molecular weight is 423 g/mol. The van der Waals surface area contributed by atoms with E-state index in [9.17, 15) is 14.0 Å². The Labute approximate surface area is 180 Å². The lowest BCUT2D eigenvalue weighted by atomic mass is 9.99. The number of pyridine rings is 1. The van der Waals surface area contributed by atoms with Gasteiger partial charge < -0.3 is 20.9 Å². The van der Waals surface area contributed by atoms with Gasteiger partial charge in [0.15, 0.2) is 11.6 Å². The Hall–Kier alpha value is -3.68. The Balaban J connectivity index is 0.00000132. The first-order valence-electron chi connectivity index (χ1n) is 10.3. The molecule has 4 N–H and O–H groups in total. The number of anilines is 1. The molecule has 0 spiro atoms. The molecular formula is C23H26FN5O2. The number of likely N-dealkylation sites (tertiary alicyclic amines) is 1. The minimum Gasteiger partial charge on any atom is -0.403 e. The SMILES string of the molecule is CC.N/C=C\Nc1ncc(F)c2c(C(=O)C(=O)N3CCC(c4ccccc4)C3)c[nH]c12. The van der Waals surface area contributed by atoms with Crippen LogP contribution in [0.2, 0.25) is 0 Å². The highest BCUT2D eigenvalue weighted by Gasteiger charge is 2.33. The maximum atomic E-state index is 14.4. The van der Waals surface area contributed by atoms with E-state index < -0.39 is 17.5 Å². The van der Waals surface area contributed by atoms with Gasteiger partial charge in [-0.15, -0.1) is 0 Å². The first-order chi connectivity index (χ1) is 15.1. The van der Waals surface area contributed by atoms with Crippen molar-refractivity contribution in [3.8, 4) is 0 Å². The average Bonchev–Trinajstić information content (AvgIpc) is 3.48. The normalized spacial score (nSPS) is 15.7. The van der Waals surface area contributed by atoms with E-state index in [2.05, 4.69) is 15.3 Å². The van der Waals surface area contributed by atoms with Crippen LogP contribution in [0.25, 0.3) is 10.9 Å². The number of amides is 1. The van der Waals surface area contributed by atoms with Crippen molar-refractivity contribution in [3.63, 3.8) is 0 Å². The van der Waals surface area contributed by atoms with Gasteiger partial charge in [-0.1, -0.05) is 44.2 Å². The van der Waals surface area contributed by atoms with Crippen LogP contribution in [0.4, 0.5) is 10.2 Å². The molecule has 1 aromatic carbocycles. The Morgan fingerprint density at radius 1 is 1.29 bits per heavy atom. The van der Waals surface area contributed by atoms with E-state index >= 15 is 0 Å². The van der Waals surface area contributed by atoms with Gasteiger partial charge in [-0.3, -0.25) is 9.59 Å². The minimum absolute atomic E-state index is 0.00663. The molecule has 1 aliphatic heterocycles. The fourth-order valence-electron chi connectivity index (χ4n) is 3.72. The molecule has 3 heterocycles. The number of halogens is 1. The summed E-state index contributed by atoms with van der Waals surface area (Å²) in [7, 11) is 0. The second-order valence-corrected chi connectivity index (χ2v) is 6.89. The molecule has 0 radical (unpaired) electrons. The molecule has 1 unspecified atom stereocenters. The number of carbonyl (C=O) groups is 2. The molecule has 1 amide bonds. The third-order valence-corrected chi connectivity index (χ3v) is 5.16. The van der Waals surface area contributed by atoms with Crippen LogP contribution in [-0.2, 0) is 4.79 Å². The Kier molecular flexibility index (Phi) is 7.02. The summed E-state index contributed by atoms with van der Waals surface area (Å²) >= 11 is 0. The number of nitrogens with one attached hydrogen (secondary N) is 2. The number of Topliss-reactive ketones (excluding diaryl/α,β-unsaturated/α-hetero) is 1. The second kappa shape index (κ2) is 9.88. The molecule has 1 fully saturated rings. The summed E-state index contributed by atoms with van der Waals surface area (Å²) in [6.07, 6.45) is 5.84. The van der Waals surface area contributed by atoms with Crippen LogP contribution < -0.4 is 11.1 Å². The number of aromatic amines is 1. The predicted octanol–water partition coefficient (Wildman–Crippen LogP) is 3.77. The Morgan fingerprint density at radius 3 is 2.74 bits per heavy atom. The van der Waals surface area contributed by atoms with E-state index in [1.54, 1.807) is 0 Å². The molecule has 162 valence electrons. The number of fused-ring (bicyclic) bond motifs is 1. The third-order valence-electron chi connectivity index (χ3n) is 5.16. The van der Waals surface area contributed by atoms with Crippen molar-refractivity contribution in [2.24, 2.45) is 5.73 Å². The topological polar surface area (TPSA) is 104 Å². The minimum atomic E-state index is -0.740. The number of nitrogens with two attached hydrogens (primary N) is 1. The number of hydrogen-bond acceptors (Lipinski definition) is 5. The van der Waals surface area contributed by atoms with Gasteiger partial charge >= 0.3 is 0 Å². The maximum absolute atomic E-state index is 14.4. The first-order valence-corrected chi connectivity index (χ1v) is 10.3. The maximum Gasteiger partial charge on any atom is 0.295 e. The van der Waals surface area contributed by atoms with Crippen molar-refractivity contribution in [1.29, 1.82) is 0 Å². The highest BCUT2D eigenvalue weighted by atomic mass is 19.1. The first kappa shape index (κ1) is 22.0. The van der Waals surface area contributed by atoms with Crippen molar-refractivity contribution in [1.82, 2.24) is 14.9 Å². The summed E-state index contributed by atoms with van der Waals surface area (Å²) in [4.78, 5) is 34.0. The van der Waals surface area contributed by atoms with E-state index in [1.165, 1.54) is 23.5 Å². The molecule has 0 bridgehead atoms. The number of ketones is 1. The summed E-state index contributed by atoms with van der Waals surface area (Å²) in [5.74, 6) is -1.55. The van der Waals surface area contributed by atoms with Gasteiger partial charge in [0.1, 0.15) is 0 Å². The number of rotatable bonds is 5. The molecule has 3 aromatic rings. The zero-order valence-electron chi connectivity index (χ0n) is 17.6. The van der Waals surface area contributed by atoms with Crippen molar-refractivity contribution >= 4 is 28.4 Å². The van der Waals surface area contributed by atoms with Crippen molar-refractivity contribution < 1.29 is 14.0 Å². The van der Waals surface area contributed by atoms with Crippen LogP contribution >= 0.6 is 0 Å². The number of benzene rings is 1. The smallest absolute Gasteiger partial charge is 0.295 e. The number of carbonyl (C=O) groups excluding carboxylic acids is 2. The van der Waals surface area contributed by atoms with Gasteiger partial charge in [0.05, 0.1) is 22.7 Å². The molecular weight excluding hydrogens is 397 g/mol. The number of nitrogens with zero attached hydrogens (tertiary/aromatic N) is 2. The highest BCUT2D eigenvalue weighted by Crippen LogP contribution is 2.30. The van der Waals surface area contributed by atoms with Gasteiger partial charge in [0.25, 0.3) is 11.7 Å². The van der Waals surface area contributed by atoms with E-state index in [0.717, 1.165) is 18.2 Å². The molecule has 1 atom stereocenters. The second-order valence-electron chi connectivity index (χ2n) is 6.89. The quantitative estimate of drug-likeness (QED) is 0.428. The van der Waals surface area contributed by atoms with Gasteiger partial charge in [-0.25, -0.2) is 9.37 Å². The molecule has 7 nitrogen and oxygen atoms in total. The van der Waals surface area contributed by atoms with Crippen molar-refractivity contribution in [3.05, 3.63) is 72.1 Å². The van der Waals surface area contributed by atoms with E-state index in [0.29, 0.717) is 24.4 Å². The fourth-order valence-corrected chi connectivity index (χ4v) is 3.72. The number of hydrogen-bond donors (Lipinski definition) is 3. The lowest BCUT2D eigenvalue weighted by Crippen LogP contribution is -2.34. The van der Waals surface area contributed by atoms with E-state index in [1.807, 2.05) is 44.2 Å². The Bertz CT molecular complexity index is 1090. The summed E-state index contributed by atoms with van der Waals surface area (Å²) in [5, 5.41) is 2.84. The highest BCUT2D eigenvalue weighted by molar-refractivity contribution is 6.45. The number of aromatic nitrogens is 2. The van der Waals surface area contributed by atoms with E-state index in [4.69, 9.17) is 5.73 Å². The molecule has 4 rings (SSSR count). The largest absolute Gasteiger partial charge is 0.403 e. The van der Waals surface area contributed by atoms with Crippen LogP contribution in [-0.4, -0.2) is 39.6 Å². The summed E-state index contributed by atoms with van der Waals surface area (Å²) in [6.45, 7) is 4.96. The van der Waals surface area contributed by atoms with Crippen molar-refractivity contribution in [2.45, 2.75) is 26.2 Å². The molecule has 1 aliphatic rings. The zero-order valence-corrected chi connectivity index (χ0v) is 17.6. The van der Waals surface area contributed by atoms with Gasteiger partial charge in [0, 0.05) is 37.6 Å². The predicted molar refractivity (Wildman–Crippen MR) is 119 cm³/mol. The monoisotopic (exact) mass is 423 g/mol. The van der Waals surface area contributed by atoms with Crippen molar-refractivity contribution in [2.75, 3.05) is 18.4 Å². The van der Waals surface area contributed by atoms with Gasteiger partial charge in [-0.2, -0.15) is 0 Å². The van der Waals surface area contributed by atoms with Gasteiger partial charge in [0.2, 0.25) is 0 Å². The van der Waals surface area contributed by atoms with Crippen LogP contribution in [0.1, 0.15) is 42.1 Å². The molecule has 2 aromatic heterocycles. The lowest BCUT2D eigenvalue weighted by molar-refractivity contribution is -0.125. The Morgan fingerprint density at radius 2 is 2.03 bits per heavy atom. The van der Waals surface area contributed by atoms with Crippen LogP contribution in [0, 0.1) is 5.82 Å². The summed E-state index contributed by atoms with van der Waals surface area (Å²) < 4.78 is 14.4. The summed E-state index contributed by atoms with van der Waals surface area (Å²) in [6, 6.07) is 9.90. The number of H-pyrrole nitrogens is 1. The molecule has 0 saturated carbocycles. The molecule has 8 heteroatoms. The standard InChI is InChI=1S/C21H20FN5O2.C2H6/c22-16-11-26-20(24-8-7-23)18-17(16)15(10-25-18)19(28)21(29)27-9-6-14(12-27)13-4-2-1-3-5-13;1-2/h1-5,7-8,10-11,14,25H,6,9,12,23H2,(H,24,26);1-2H3/b8-7-;. The molecule has 31 heavy (non-hydrogen) atoms. The van der Waals surface area contributed by atoms with Crippen LogP contribution in [0.5, 0.6) is 0 Å². The van der Waals surface area contributed by atoms with Crippen LogP contribution in [0.15, 0.2) is 55.1 Å².